The zero-order chi connectivity index (χ0) is 91.0. The summed E-state index contributed by atoms with van der Waals surface area (Å²) in [5.41, 5.74) is 4.77. The lowest BCUT2D eigenvalue weighted by Gasteiger charge is -2.29. The number of hydrogen-bond donors (Lipinski definition) is 4. The van der Waals surface area contributed by atoms with Crippen LogP contribution in [-0.4, -0.2) is 337 Å². The molecule has 5 heterocycles. The Kier molecular flexibility index (Phi) is 32.5. The first-order chi connectivity index (χ1) is 57.9. The van der Waals surface area contributed by atoms with E-state index in [1.165, 1.54) is 131 Å². The zero-order valence-electron chi connectivity index (χ0n) is 72.3. The molecule has 0 spiro atoms. The Morgan fingerprint density at radius 1 is 0.585 bits per heavy atom. The topological polar surface area (TPSA) is 448 Å². The van der Waals surface area contributed by atoms with Crippen LogP contribution >= 0.6 is 0 Å². The minimum absolute atomic E-state index is 0.0440. The molecule has 3 atom stereocenters. The van der Waals surface area contributed by atoms with Gasteiger partial charge in [-0.05, 0) is 96.5 Å². The molecular weight excluding hydrogens is 1600 g/mol. The van der Waals surface area contributed by atoms with E-state index in [2.05, 4.69) is 21.3 Å². The first-order valence-electron chi connectivity index (χ1n) is 40.0. The Hall–Kier alpha value is -13.1. The van der Waals surface area contributed by atoms with Gasteiger partial charge in [-0.15, -0.1) is 0 Å². The SMILES string of the molecule is CC[C@H]1C(=O)OCc2c1cc1n(c2=O)Cc2c-1nc1cc(F)c(C)c3c1c2[C@@H](NC(=O)OCc1ccc(NC(=O)CNC(=O)C(NC(=O)CCCCCN2C(=O)C=CC2=O)C(C)C)cc1CN(C)C(=O)CN(C)C(=O)CN(C)C(=O)CN(C)C(=O)CN(C)C(=O)CN(C)C(=O)CN(C)C(=O)CN(C)C(=O)CN(C)C(=O)CN(C)C(=O)CN(C)C(C)=O)CC3. The van der Waals surface area contributed by atoms with Crippen molar-refractivity contribution in [2.24, 2.45) is 5.92 Å². The van der Waals surface area contributed by atoms with Crippen molar-refractivity contribution < 1.29 is 100 Å². The van der Waals surface area contributed by atoms with Crippen molar-refractivity contribution in [3.8, 4) is 11.4 Å². The summed E-state index contributed by atoms with van der Waals surface area (Å²) < 4.78 is 28.7. The van der Waals surface area contributed by atoms with Gasteiger partial charge >= 0.3 is 12.1 Å². The molecule has 4 N–H and O–H groups in total. The number of alkyl carbamates (subject to hydrolysis) is 1. The summed E-state index contributed by atoms with van der Waals surface area (Å²) >= 11 is 0. The van der Waals surface area contributed by atoms with E-state index in [-0.39, 0.29) is 69.3 Å². The average molecular weight is 1710 g/mol. The van der Waals surface area contributed by atoms with Crippen molar-refractivity contribution >= 4 is 123 Å². The molecule has 0 radical (unpaired) electrons. The van der Waals surface area contributed by atoms with Crippen LogP contribution < -0.4 is 26.8 Å². The molecule has 0 saturated heterocycles. The number of rotatable bonds is 38. The Bertz CT molecular complexity index is 4970. The fourth-order valence-electron chi connectivity index (χ4n) is 14.2. The maximum Gasteiger partial charge on any atom is 0.407 e. The molecular formula is C83H109FN18O21. The Morgan fingerprint density at radius 2 is 1.07 bits per heavy atom. The molecule has 8 rings (SSSR count). The minimum Gasteiger partial charge on any atom is -0.460 e. The number of fused-ring (bicyclic) bond motifs is 5. The number of aromatic nitrogens is 2. The summed E-state index contributed by atoms with van der Waals surface area (Å²) in [5, 5.41) is 11.6. The van der Waals surface area contributed by atoms with Crippen LogP contribution in [0, 0.1) is 18.7 Å². The van der Waals surface area contributed by atoms with E-state index in [4.69, 9.17) is 14.5 Å². The number of likely N-dealkylation sites (N-methyl/N-ethyl adjacent to an activating group) is 11. The monoisotopic (exact) mass is 1710 g/mol. The number of benzene rings is 2. The third kappa shape index (κ3) is 24.2. The van der Waals surface area contributed by atoms with E-state index in [1.807, 2.05) is 6.92 Å². The molecule has 4 aromatic rings. The lowest BCUT2D eigenvalue weighted by atomic mass is 9.81. The molecule has 39 nitrogen and oxygen atoms in total. The summed E-state index contributed by atoms with van der Waals surface area (Å²) in [4.78, 5) is 268. The maximum atomic E-state index is 15.8. The van der Waals surface area contributed by atoms with Crippen molar-refractivity contribution in [2.75, 3.05) is 161 Å². The van der Waals surface area contributed by atoms with Gasteiger partial charge in [-0.25, -0.2) is 14.2 Å². The standard InChI is InChI=1S/C83H109FN18O21/c1-17-53-55-30-61-79-56(34-102(61)81(119)57(55)46-122-82(53)120)77-59(25-24-54-48(4)58(84)31-60(87-79)76(54)77)88-83(121)123-45-50-22-23-52(86-63(105)32-85-80(118)78(47(2)3)89-62(104)21-19-18-20-28-101-64(106)26-27-65(101)107)29-51(50)33-91(7)67(109)36-93(9)69(111)38-95(11)71(113)40-97(13)73(115)42-99(15)75(117)44-100(16)74(116)43-98(14)72(114)41-96(12)70(112)39-94(10)68(110)37-92(8)66(108)35-90(6)49(5)103/h22-23,26-27,29-31,47,53,59,78H,17-21,24-25,28,32-46H2,1-16H3,(H,85,118)(H,86,105)(H,88,121)(H,89,104)/t53-,59+,78?/m1/s1. The molecule has 0 bridgehead atoms. The van der Waals surface area contributed by atoms with Gasteiger partial charge in [-0.2, -0.15) is 0 Å². The van der Waals surface area contributed by atoms with Gasteiger partial charge in [0.05, 0.1) is 113 Å². The number of aryl methyl sites for hydroxylation is 1. The number of cyclic esters (lactones) is 1. The number of amides is 17. The van der Waals surface area contributed by atoms with Crippen LogP contribution in [0.5, 0.6) is 0 Å². The Balaban J connectivity index is 0.859. The van der Waals surface area contributed by atoms with Gasteiger partial charge in [0.15, 0.2) is 0 Å². The van der Waals surface area contributed by atoms with Crippen LogP contribution in [0.3, 0.4) is 0 Å². The predicted molar refractivity (Wildman–Crippen MR) is 440 cm³/mol. The second kappa shape index (κ2) is 41.9. The fraction of sp³-hybridized carbons (Fsp3) is 0.518. The molecule has 664 valence electrons. The first-order valence-corrected chi connectivity index (χ1v) is 40.0. The molecule has 1 aliphatic carbocycles. The molecule has 1 unspecified atom stereocenters. The van der Waals surface area contributed by atoms with Gasteiger partial charge in [0, 0.05) is 139 Å². The highest BCUT2D eigenvalue weighted by molar-refractivity contribution is 6.13. The lowest BCUT2D eigenvalue weighted by Crippen LogP contribution is -2.51. The number of nitrogens with zero attached hydrogens (tertiary/aromatic N) is 14. The average Bonchev–Trinajstić information content (AvgIpc) is 1.58. The van der Waals surface area contributed by atoms with Crippen molar-refractivity contribution in [1.29, 1.82) is 0 Å². The van der Waals surface area contributed by atoms with E-state index in [9.17, 15) is 91.1 Å². The second-order valence-corrected chi connectivity index (χ2v) is 31.8. The van der Waals surface area contributed by atoms with Crippen LogP contribution in [0.15, 0.2) is 47.3 Å². The highest BCUT2D eigenvalue weighted by Crippen LogP contribution is 2.46. The number of halogens is 1. The van der Waals surface area contributed by atoms with E-state index >= 15 is 4.39 Å². The molecule has 2 aromatic carbocycles. The number of imide groups is 1. The van der Waals surface area contributed by atoms with E-state index in [0.717, 1.165) is 49.0 Å². The van der Waals surface area contributed by atoms with Crippen LogP contribution in [0.25, 0.3) is 22.3 Å². The molecule has 4 aliphatic rings. The summed E-state index contributed by atoms with van der Waals surface area (Å²) in [5.74, 6) is -11.5. The van der Waals surface area contributed by atoms with E-state index in [0.29, 0.717) is 98.9 Å². The predicted octanol–water partition coefficient (Wildman–Crippen LogP) is -0.420. The normalized spacial score (nSPS) is 14.2. The van der Waals surface area contributed by atoms with Gasteiger partial charge in [-0.3, -0.25) is 91.2 Å². The van der Waals surface area contributed by atoms with Crippen molar-refractivity contribution in [2.45, 2.75) is 124 Å². The summed E-state index contributed by atoms with van der Waals surface area (Å²) in [6.07, 6.45) is 3.92. The first kappa shape index (κ1) is 95.4. The van der Waals surface area contributed by atoms with Crippen molar-refractivity contribution in [3.63, 3.8) is 0 Å². The number of anilines is 1. The molecule has 40 heteroatoms. The largest absolute Gasteiger partial charge is 0.460 e. The lowest BCUT2D eigenvalue weighted by molar-refractivity contribution is -0.148. The Labute approximate surface area is 710 Å². The molecule has 17 amide bonds. The number of nitrogens with one attached hydrogen (secondary N) is 4. The third-order valence-corrected chi connectivity index (χ3v) is 22.1. The number of carbonyl (C=O) groups excluding carboxylic acids is 18. The number of carbonyl (C=O) groups is 18. The number of unbranched alkanes of at least 4 members (excludes halogenated alkanes) is 2. The molecule has 3 aliphatic heterocycles. The summed E-state index contributed by atoms with van der Waals surface area (Å²) in [6, 6.07) is 5.84. The summed E-state index contributed by atoms with van der Waals surface area (Å²) in [6.45, 7) is 2.18. The fourth-order valence-corrected chi connectivity index (χ4v) is 14.2. The van der Waals surface area contributed by atoms with Gasteiger partial charge in [-0.1, -0.05) is 33.3 Å². The van der Waals surface area contributed by atoms with E-state index in [1.54, 1.807) is 31.4 Å². The van der Waals surface area contributed by atoms with Crippen LogP contribution in [0.1, 0.15) is 123 Å². The second-order valence-electron chi connectivity index (χ2n) is 31.8. The Morgan fingerprint density at radius 3 is 1.54 bits per heavy atom. The molecule has 0 fully saturated rings. The smallest absolute Gasteiger partial charge is 0.407 e. The van der Waals surface area contributed by atoms with Crippen LogP contribution in [0.2, 0.25) is 0 Å². The number of esters is 1. The number of ether oxygens (including phenoxy) is 2. The van der Waals surface area contributed by atoms with Crippen LogP contribution in [0.4, 0.5) is 14.9 Å². The maximum absolute atomic E-state index is 15.8. The van der Waals surface area contributed by atoms with Crippen molar-refractivity contribution in [1.82, 2.24) is 84.3 Å². The highest BCUT2D eigenvalue weighted by atomic mass is 19.1. The molecule has 123 heavy (non-hydrogen) atoms. The highest BCUT2D eigenvalue weighted by Gasteiger charge is 2.39. The summed E-state index contributed by atoms with van der Waals surface area (Å²) in [7, 11) is 14.7. The van der Waals surface area contributed by atoms with Gasteiger partial charge in [0.25, 0.3) is 17.4 Å². The molecule has 2 aromatic heterocycles. The van der Waals surface area contributed by atoms with Crippen molar-refractivity contribution in [3.05, 3.63) is 103 Å². The van der Waals surface area contributed by atoms with Gasteiger partial charge < -0.3 is 89.2 Å². The third-order valence-electron chi connectivity index (χ3n) is 22.1. The quantitative estimate of drug-likeness (QED) is 0.0221. The zero-order valence-corrected chi connectivity index (χ0v) is 72.3. The van der Waals surface area contributed by atoms with Crippen LogP contribution in [-0.2, 0) is 124 Å². The molecule has 0 saturated carbocycles. The van der Waals surface area contributed by atoms with E-state index < -0.39 is 196 Å². The minimum atomic E-state index is -1.04. The number of hydrogen-bond acceptors (Lipinski definition) is 22. The van der Waals surface area contributed by atoms with Gasteiger partial charge in [0.2, 0.25) is 82.7 Å². The van der Waals surface area contributed by atoms with Gasteiger partial charge in [0.1, 0.15) is 25.1 Å². The number of pyridine rings is 2.